The molecule has 0 saturated carbocycles. The average molecular weight is 81.1 g/mol. The van der Waals surface area contributed by atoms with Crippen LogP contribution in [0, 0.1) is 6.54 Å². The zero-order valence-electron chi connectivity index (χ0n) is 3.73. The van der Waals surface area contributed by atoms with Gasteiger partial charge in [-0.3, -0.25) is 5.32 Å². The Kier molecular flexibility index (Phi) is 0.926. The first-order valence-electron chi connectivity index (χ1n) is 2.07. The van der Waals surface area contributed by atoms with Crippen LogP contribution in [0.5, 0.6) is 0 Å². The Morgan fingerprint density at radius 2 is 2.67 bits per heavy atom. The summed E-state index contributed by atoms with van der Waals surface area (Å²) in [6.07, 6.45) is 3.95. The lowest BCUT2D eigenvalue weighted by atomic mass is 10.4. The predicted molar refractivity (Wildman–Crippen MR) is 25.0 cm³/mol. The minimum atomic E-state index is 0.505. The minimum absolute atomic E-state index is 0.505. The SMILES string of the molecule is CC1C=C[C]N1. The summed E-state index contributed by atoms with van der Waals surface area (Å²) < 4.78 is 0. The van der Waals surface area contributed by atoms with Gasteiger partial charge in [0.1, 0.15) is 0 Å². The van der Waals surface area contributed by atoms with E-state index in [1.165, 1.54) is 0 Å². The minimum Gasteiger partial charge on any atom is -0.298 e. The van der Waals surface area contributed by atoms with Crippen molar-refractivity contribution in [2.75, 3.05) is 0 Å². The Morgan fingerprint density at radius 3 is 2.83 bits per heavy atom. The van der Waals surface area contributed by atoms with E-state index >= 15 is 0 Å². The Morgan fingerprint density at radius 1 is 1.83 bits per heavy atom. The van der Waals surface area contributed by atoms with Gasteiger partial charge in [-0.1, -0.05) is 12.2 Å². The van der Waals surface area contributed by atoms with Crippen molar-refractivity contribution in [2.24, 2.45) is 0 Å². The molecule has 0 amide bonds. The van der Waals surface area contributed by atoms with E-state index in [2.05, 4.69) is 24.9 Å². The van der Waals surface area contributed by atoms with Crippen LogP contribution < -0.4 is 5.32 Å². The quantitative estimate of drug-likeness (QED) is 0.449. The molecule has 6 heavy (non-hydrogen) atoms. The molecule has 0 aromatic rings. The van der Waals surface area contributed by atoms with Crippen molar-refractivity contribution in [3.8, 4) is 0 Å². The lowest BCUT2D eigenvalue weighted by Gasteiger charge is -1.93. The second-order valence-electron chi connectivity index (χ2n) is 1.44. The van der Waals surface area contributed by atoms with E-state index < -0.39 is 0 Å². The van der Waals surface area contributed by atoms with Crippen LogP contribution >= 0.6 is 0 Å². The summed E-state index contributed by atoms with van der Waals surface area (Å²) in [4.78, 5) is 0. The molecule has 1 aliphatic rings. The van der Waals surface area contributed by atoms with E-state index in [1.54, 1.807) is 0 Å². The number of hydrogen-bond acceptors (Lipinski definition) is 1. The molecule has 32 valence electrons. The third-order valence-corrected chi connectivity index (χ3v) is 0.779. The van der Waals surface area contributed by atoms with Crippen LogP contribution in [-0.2, 0) is 0 Å². The van der Waals surface area contributed by atoms with E-state index in [0.717, 1.165) is 0 Å². The van der Waals surface area contributed by atoms with Crippen molar-refractivity contribution in [1.82, 2.24) is 5.32 Å². The second kappa shape index (κ2) is 1.43. The van der Waals surface area contributed by atoms with E-state index in [1.807, 2.05) is 6.08 Å². The largest absolute Gasteiger partial charge is 0.298 e. The lowest BCUT2D eigenvalue weighted by Crippen LogP contribution is -2.13. The molecule has 1 heteroatoms. The summed E-state index contributed by atoms with van der Waals surface area (Å²) in [5.74, 6) is 0. The van der Waals surface area contributed by atoms with Gasteiger partial charge in [-0.05, 0) is 6.92 Å². The monoisotopic (exact) mass is 81.1 g/mol. The molecule has 1 nitrogen and oxygen atoms in total. The van der Waals surface area contributed by atoms with Crippen LogP contribution in [0.2, 0.25) is 0 Å². The highest BCUT2D eigenvalue weighted by atomic mass is 14.9. The Labute approximate surface area is 38.1 Å². The fraction of sp³-hybridized carbons (Fsp3) is 0.400. The highest BCUT2D eigenvalue weighted by Crippen LogP contribution is 1.93. The van der Waals surface area contributed by atoms with Gasteiger partial charge >= 0.3 is 0 Å². The molecule has 0 aliphatic carbocycles. The summed E-state index contributed by atoms with van der Waals surface area (Å²) >= 11 is 0. The molecule has 2 radical (unpaired) electrons. The zero-order chi connectivity index (χ0) is 4.41. The van der Waals surface area contributed by atoms with Crippen molar-refractivity contribution in [3.63, 3.8) is 0 Å². The molecule has 1 N–H and O–H groups in total. The molecule has 0 saturated heterocycles. The van der Waals surface area contributed by atoms with Crippen LogP contribution in [0.1, 0.15) is 6.92 Å². The van der Waals surface area contributed by atoms with Gasteiger partial charge in [0.05, 0.1) is 6.54 Å². The molecule has 0 spiro atoms. The highest BCUT2D eigenvalue weighted by Gasteiger charge is 1.97. The molecule has 1 rings (SSSR count). The first kappa shape index (κ1) is 3.88. The van der Waals surface area contributed by atoms with Crippen LogP contribution in [0.15, 0.2) is 12.2 Å². The smallest absolute Gasteiger partial charge is 0.0856 e. The van der Waals surface area contributed by atoms with Crippen molar-refractivity contribution >= 4 is 0 Å². The van der Waals surface area contributed by atoms with Gasteiger partial charge in [-0.2, -0.15) is 0 Å². The number of rotatable bonds is 0. The zero-order valence-corrected chi connectivity index (χ0v) is 3.73. The predicted octanol–water partition coefficient (Wildman–Crippen LogP) is 0.573. The van der Waals surface area contributed by atoms with Gasteiger partial charge in [0.25, 0.3) is 0 Å². The Hall–Kier alpha value is -0.300. The topological polar surface area (TPSA) is 12.0 Å². The van der Waals surface area contributed by atoms with Gasteiger partial charge in [0.15, 0.2) is 0 Å². The molecule has 0 aromatic carbocycles. The Balaban J connectivity index is 2.38. The molecular weight excluding hydrogens is 74.1 g/mol. The summed E-state index contributed by atoms with van der Waals surface area (Å²) in [5, 5.41) is 2.96. The molecule has 1 atom stereocenters. The first-order valence-corrected chi connectivity index (χ1v) is 2.07. The van der Waals surface area contributed by atoms with Crippen molar-refractivity contribution in [3.05, 3.63) is 18.7 Å². The maximum atomic E-state index is 2.96. The third kappa shape index (κ3) is 0.601. The van der Waals surface area contributed by atoms with Gasteiger partial charge in [0.2, 0.25) is 0 Å². The van der Waals surface area contributed by atoms with Gasteiger partial charge < -0.3 is 0 Å². The summed E-state index contributed by atoms with van der Waals surface area (Å²) in [6.45, 7) is 4.92. The summed E-state index contributed by atoms with van der Waals surface area (Å²) in [6, 6.07) is 0.505. The molecule has 0 aromatic heterocycles. The van der Waals surface area contributed by atoms with Crippen molar-refractivity contribution in [2.45, 2.75) is 13.0 Å². The molecule has 0 fully saturated rings. The summed E-state index contributed by atoms with van der Waals surface area (Å²) in [7, 11) is 0. The van der Waals surface area contributed by atoms with E-state index in [-0.39, 0.29) is 0 Å². The fourth-order valence-electron chi connectivity index (χ4n) is 0.420. The summed E-state index contributed by atoms with van der Waals surface area (Å²) in [5.41, 5.74) is 0. The van der Waals surface area contributed by atoms with Crippen LogP contribution in [0.4, 0.5) is 0 Å². The first-order chi connectivity index (χ1) is 2.89. The van der Waals surface area contributed by atoms with Crippen LogP contribution in [-0.4, -0.2) is 6.04 Å². The fourth-order valence-corrected chi connectivity index (χ4v) is 0.420. The van der Waals surface area contributed by atoms with E-state index in [9.17, 15) is 0 Å². The normalized spacial score (nSPS) is 31.8. The second-order valence-corrected chi connectivity index (χ2v) is 1.44. The van der Waals surface area contributed by atoms with Gasteiger partial charge in [-0.15, -0.1) is 0 Å². The Bertz CT molecular complexity index is 66.3. The molecule has 1 heterocycles. The van der Waals surface area contributed by atoms with Gasteiger partial charge in [0, 0.05) is 6.04 Å². The number of nitrogens with one attached hydrogen (secondary N) is 1. The highest BCUT2D eigenvalue weighted by molar-refractivity contribution is 5.07. The number of hydrogen-bond donors (Lipinski definition) is 1. The average Bonchev–Trinajstić information content (AvgIpc) is 1.86. The van der Waals surface area contributed by atoms with Crippen LogP contribution in [0.25, 0.3) is 0 Å². The third-order valence-electron chi connectivity index (χ3n) is 0.779. The van der Waals surface area contributed by atoms with E-state index in [0.29, 0.717) is 6.04 Å². The molecule has 1 unspecified atom stereocenters. The van der Waals surface area contributed by atoms with Crippen molar-refractivity contribution < 1.29 is 0 Å². The van der Waals surface area contributed by atoms with Gasteiger partial charge in [-0.25, -0.2) is 0 Å². The van der Waals surface area contributed by atoms with Crippen molar-refractivity contribution in [1.29, 1.82) is 0 Å². The van der Waals surface area contributed by atoms with E-state index in [4.69, 9.17) is 0 Å². The standard InChI is InChI=1S/C5H7N/c1-5-3-2-4-6-5/h2-3,5-6H,1H3. The maximum Gasteiger partial charge on any atom is 0.0856 e. The van der Waals surface area contributed by atoms with Crippen LogP contribution in [0.3, 0.4) is 0 Å². The molecule has 1 aliphatic heterocycles. The maximum absolute atomic E-state index is 2.96. The molecule has 0 bridgehead atoms. The lowest BCUT2D eigenvalue weighted by molar-refractivity contribution is 0.774. The molecular formula is C5H7N.